The third kappa shape index (κ3) is 3.79. The molecule has 0 heterocycles. The van der Waals surface area contributed by atoms with Gasteiger partial charge >= 0.3 is 0 Å². The van der Waals surface area contributed by atoms with Gasteiger partial charge in [-0.3, -0.25) is 0 Å². The van der Waals surface area contributed by atoms with Crippen molar-refractivity contribution in [1.82, 2.24) is 0 Å². The fourth-order valence-electron chi connectivity index (χ4n) is 9.00. The molecule has 180 valence electrons. The number of rotatable bonds is 5. The van der Waals surface area contributed by atoms with Crippen molar-refractivity contribution in [1.29, 1.82) is 5.41 Å². The Hall–Kier alpha value is -0.890. The molecule has 31 heavy (non-hydrogen) atoms. The minimum absolute atomic E-state index is 0.0154. The topological polar surface area (TPSA) is 49.9 Å². The van der Waals surface area contributed by atoms with Gasteiger partial charge in [0.2, 0.25) is 0 Å². The lowest BCUT2D eigenvalue weighted by Crippen LogP contribution is -2.48. The minimum atomic E-state index is -0.0154. The Morgan fingerprint density at radius 2 is 1.61 bits per heavy atom. The van der Waals surface area contributed by atoms with E-state index in [-0.39, 0.29) is 5.54 Å². The average Bonchev–Trinajstić information content (AvgIpc) is 3.01. The van der Waals surface area contributed by atoms with Crippen LogP contribution in [0.25, 0.3) is 0 Å². The van der Waals surface area contributed by atoms with Crippen molar-refractivity contribution in [2.24, 2.45) is 39.7 Å². The first-order valence-corrected chi connectivity index (χ1v) is 13.3. The van der Waals surface area contributed by atoms with Gasteiger partial charge in [-0.2, -0.15) is 0 Å². The molecule has 0 bridgehead atoms. The molecular formula is C29H54N2. The molecule has 0 aromatic heterocycles. The van der Waals surface area contributed by atoms with Crippen LogP contribution < -0.4 is 5.73 Å². The summed E-state index contributed by atoms with van der Waals surface area (Å²) in [6.45, 7) is 24.2. The van der Waals surface area contributed by atoms with Crippen LogP contribution in [0.15, 0.2) is 25.3 Å². The average molecular weight is 431 g/mol. The molecule has 7 unspecified atom stereocenters. The first kappa shape index (κ1) is 28.1. The number of allylic oxidation sites excluding steroid dienone is 1. The van der Waals surface area contributed by atoms with E-state index in [1.54, 1.807) is 6.08 Å². The zero-order chi connectivity index (χ0) is 24.1. The highest BCUT2D eigenvalue weighted by Crippen LogP contribution is 2.91. The van der Waals surface area contributed by atoms with E-state index >= 15 is 0 Å². The third-order valence-corrected chi connectivity index (χ3v) is 9.44. The fourth-order valence-corrected chi connectivity index (χ4v) is 9.00. The summed E-state index contributed by atoms with van der Waals surface area (Å²) in [5.74, 6) is 2.17. The predicted octanol–water partition coefficient (Wildman–Crippen LogP) is 8.57. The van der Waals surface area contributed by atoms with Gasteiger partial charge in [0.25, 0.3) is 0 Å². The van der Waals surface area contributed by atoms with Crippen molar-refractivity contribution >= 4 is 5.71 Å². The minimum Gasteiger partial charge on any atom is -0.324 e. The second-order valence-electron chi connectivity index (χ2n) is 10.3. The molecule has 4 rings (SSSR count). The summed E-state index contributed by atoms with van der Waals surface area (Å²) in [6, 6.07) is 0. The molecule has 3 N–H and O–H groups in total. The van der Waals surface area contributed by atoms with Gasteiger partial charge in [-0.25, -0.2) is 0 Å². The SMILES string of the molecule is C=CC.C=CCC1(N)CCC23C4CCC(C(C)=N)C4(C)CCC2C13CCC.CC.CC. The van der Waals surface area contributed by atoms with Gasteiger partial charge in [-0.15, -0.1) is 13.2 Å². The van der Waals surface area contributed by atoms with Crippen LogP contribution in [-0.2, 0) is 0 Å². The molecule has 0 amide bonds. The van der Waals surface area contributed by atoms with Crippen LogP contribution in [0.5, 0.6) is 0 Å². The Labute approximate surface area is 195 Å². The van der Waals surface area contributed by atoms with Crippen LogP contribution in [0, 0.1) is 39.4 Å². The molecule has 4 fully saturated rings. The van der Waals surface area contributed by atoms with E-state index < -0.39 is 0 Å². The summed E-state index contributed by atoms with van der Waals surface area (Å²) < 4.78 is 0. The zero-order valence-electron chi connectivity index (χ0n) is 22.2. The van der Waals surface area contributed by atoms with E-state index in [1.165, 1.54) is 51.4 Å². The highest BCUT2D eigenvalue weighted by atomic mass is 15.0. The largest absolute Gasteiger partial charge is 0.324 e. The Bertz CT molecular complexity index is 624. The standard InChI is InChI=1S/C22H36N2.C3H6.2C2H6/c1-5-10-20(24)13-14-21-17-8-7-16(15(3)23)19(17,4)12-9-18(21)22(20,21)11-6-2;1-3-2;2*1-2/h5,16-18,23H,1,6-14,24H2,2-4H3;3H,1H2,2H3;2*1-2H3. The molecule has 2 heteroatoms. The lowest BCUT2D eigenvalue weighted by Gasteiger charge is -2.45. The molecule has 2 nitrogen and oxygen atoms in total. The maximum absolute atomic E-state index is 8.34. The van der Waals surface area contributed by atoms with Crippen molar-refractivity contribution in [2.75, 3.05) is 0 Å². The van der Waals surface area contributed by atoms with Gasteiger partial charge < -0.3 is 11.1 Å². The fraction of sp³-hybridized carbons (Fsp3) is 0.828. The first-order valence-electron chi connectivity index (χ1n) is 13.3. The van der Waals surface area contributed by atoms with Crippen LogP contribution in [-0.4, -0.2) is 11.3 Å². The van der Waals surface area contributed by atoms with Gasteiger partial charge in [0, 0.05) is 17.2 Å². The van der Waals surface area contributed by atoms with Crippen molar-refractivity contribution < 1.29 is 0 Å². The maximum atomic E-state index is 8.34. The molecule has 0 saturated heterocycles. The number of fused-ring (bicyclic) bond motifs is 2. The molecule has 1 spiro atoms. The van der Waals surface area contributed by atoms with E-state index in [2.05, 4.69) is 33.1 Å². The maximum Gasteiger partial charge on any atom is 0.0254 e. The monoisotopic (exact) mass is 430 g/mol. The molecule has 0 aromatic carbocycles. The second-order valence-corrected chi connectivity index (χ2v) is 10.3. The molecule has 4 aliphatic carbocycles. The Kier molecular flexibility index (Phi) is 9.82. The number of nitrogens with one attached hydrogen (secondary N) is 1. The highest BCUT2D eigenvalue weighted by Gasteiger charge is 2.88. The Balaban J connectivity index is 0.000000620. The van der Waals surface area contributed by atoms with Crippen molar-refractivity contribution in [3.8, 4) is 0 Å². The van der Waals surface area contributed by atoms with E-state index in [1.807, 2.05) is 41.5 Å². The summed E-state index contributed by atoms with van der Waals surface area (Å²) in [4.78, 5) is 0. The van der Waals surface area contributed by atoms with Gasteiger partial charge in [-0.05, 0) is 93.3 Å². The van der Waals surface area contributed by atoms with E-state index in [4.69, 9.17) is 11.1 Å². The summed E-state index contributed by atoms with van der Waals surface area (Å²) >= 11 is 0. The normalized spacial score (nSPS) is 43.2. The third-order valence-electron chi connectivity index (χ3n) is 9.44. The first-order chi connectivity index (χ1) is 14.8. The summed E-state index contributed by atoms with van der Waals surface area (Å²) in [5, 5.41) is 8.34. The van der Waals surface area contributed by atoms with Gasteiger partial charge in [0.1, 0.15) is 0 Å². The molecule has 7 atom stereocenters. The summed E-state index contributed by atoms with van der Waals surface area (Å²) in [6.07, 6.45) is 15.2. The molecule has 4 saturated carbocycles. The van der Waals surface area contributed by atoms with Crippen LogP contribution in [0.4, 0.5) is 0 Å². The second kappa shape index (κ2) is 10.8. The molecular weight excluding hydrogens is 376 g/mol. The number of hydrogen-bond donors (Lipinski definition) is 2. The van der Waals surface area contributed by atoms with Crippen molar-refractivity contribution in [2.45, 2.75) is 119 Å². The summed E-state index contributed by atoms with van der Waals surface area (Å²) in [7, 11) is 0. The van der Waals surface area contributed by atoms with E-state index in [0.29, 0.717) is 22.2 Å². The van der Waals surface area contributed by atoms with Crippen molar-refractivity contribution in [3.63, 3.8) is 0 Å². The van der Waals surface area contributed by atoms with E-state index in [9.17, 15) is 0 Å². The predicted molar refractivity (Wildman–Crippen MR) is 140 cm³/mol. The van der Waals surface area contributed by atoms with Crippen LogP contribution >= 0.6 is 0 Å². The lowest BCUT2D eigenvalue weighted by molar-refractivity contribution is 0.0516. The quantitative estimate of drug-likeness (QED) is 0.333. The van der Waals surface area contributed by atoms with Crippen molar-refractivity contribution in [3.05, 3.63) is 25.3 Å². The Morgan fingerprint density at radius 1 is 1.03 bits per heavy atom. The van der Waals surface area contributed by atoms with Gasteiger partial charge in [-0.1, -0.05) is 60.1 Å². The summed E-state index contributed by atoms with van der Waals surface area (Å²) in [5.41, 5.74) is 9.28. The molecule has 0 aliphatic heterocycles. The zero-order valence-corrected chi connectivity index (χ0v) is 22.2. The molecule has 0 radical (unpaired) electrons. The smallest absolute Gasteiger partial charge is 0.0254 e. The molecule has 4 aliphatic rings. The highest BCUT2D eigenvalue weighted by molar-refractivity contribution is 5.82. The number of nitrogens with two attached hydrogens (primary N) is 1. The number of hydrogen-bond acceptors (Lipinski definition) is 2. The van der Waals surface area contributed by atoms with Crippen LogP contribution in [0.1, 0.15) is 113 Å². The molecule has 0 aromatic rings. The van der Waals surface area contributed by atoms with Crippen LogP contribution in [0.2, 0.25) is 0 Å². The van der Waals surface area contributed by atoms with Gasteiger partial charge in [0.15, 0.2) is 0 Å². The Morgan fingerprint density at radius 3 is 2.10 bits per heavy atom. The van der Waals surface area contributed by atoms with Crippen LogP contribution in [0.3, 0.4) is 0 Å². The van der Waals surface area contributed by atoms with Gasteiger partial charge in [0.05, 0.1) is 0 Å². The lowest BCUT2D eigenvalue weighted by atomic mass is 9.59. The van der Waals surface area contributed by atoms with E-state index in [0.717, 1.165) is 24.0 Å².